The van der Waals surface area contributed by atoms with E-state index >= 15 is 0 Å². The first-order valence-electron chi connectivity index (χ1n) is 12.1. The molecule has 38 heavy (non-hydrogen) atoms. The number of hydrogen-bond donors (Lipinski definition) is 5. The molecule has 0 saturated heterocycles. The van der Waals surface area contributed by atoms with Gasteiger partial charge in [-0.3, -0.25) is 19.3 Å². The first-order chi connectivity index (χ1) is 17.8. The van der Waals surface area contributed by atoms with E-state index in [4.69, 9.17) is 5.73 Å². The van der Waals surface area contributed by atoms with Crippen LogP contribution < -0.4 is 5.73 Å². The maximum Gasteiger partial charge on any atom is 0.255 e. The van der Waals surface area contributed by atoms with Gasteiger partial charge in [0.1, 0.15) is 28.7 Å². The predicted octanol–water partition coefficient (Wildman–Crippen LogP) is 2.08. The smallest absolute Gasteiger partial charge is 0.255 e. The van der Waals surface area contributed by atoms with Crippen molar-refractivity contribution in [2.45, 2.75) is 31.4 Å². The van der Waals surface area contributed by atoms with Gasteiger partial charge in [-0.1, -0.05) is 12.1 Å². The van der Waals surface area contributed by atoms with Gasteiger partial charge in [-0.2, -0.15) is 0 Å². The van der Waals surface area contributed by atoms with Gasteiger partial charge in [0.05, 0.1) is 11.6 Å². The Bertz CT molecular complexity index is 1510. The normalized spacial score (nSPS) is 26.8. The molecule has 0 unspecified atom stereocenters. The molecule has 0 bridgehead atoms. The van der Waals surface area contributed by atoms with Crippen molar-refractivity contribution in [2.24, 2.45) is 17.6 Å². The van der Waals surface area contributed by atoms with Crippen molar-refractivity contribution in [3.63, 3.8) is 0 Å². The predicted molar refractivity (Wildman–Crippen MR) is 134 cm³/mol. The molecule has 9 nitrogen and oxygen atoms in total. The van der Waals surface area contributed by atoms with Gasteiger partial charge in [-0.15, -0.1) is 0 Å². The van der Waals surface area contributed by atoms with Gasteiger partial charge >= 0.3 is 0 Å². The highest BCUT2D eigenvalue weighted by atomic mass is 19.1. The zero-order chi connectivity index (χ0) is 27.8. The van der Waals surface area contributed by atoms with Gasteiger partial charge in [0, 0.05) is 11.5 Å². The van der Waals surface area contributed by atoms with Crippen LogP contribution in [-0.4, -0.2) is 68.5 Å². The van der Waals surface area contributed by atoms with Crippen LogP contribution in [0.5, 0.6) is 5.75 Å². The number of fused-ring (bicyclic) bond motifs is 3. The highest BCUT2D eigenvalue weighted by Gasteiger charge is 2.64. The van der Waals surface area contributed by atoms with Crippen molar-refractivity contribution < 1.29 is 39.2 Å². The van der Waals surface area contributed by atoms with Gasteiger partial charge in [-0.25, -0.2) is 4.39 Å². The third-order valence-corrected chi connectivity index (χ3v) is 8.07. The highest BCUT2D eigenvalue weighted by molar-refractivity contribution is 6.24. The van der Waals surface area contributed by atoms with Crippen molar-refractivity contribution in [2.75, 3.05) is 14.1 Å². The van der Waals surface area contributed by atoms with E-state index in [0.29, 0.717) is 22.3 Å². The quantitative estimate of drug-likeness (QED) is 0.383. The van der Waals surface area contributed by atoms with Crippen molar-refractivity contribution in [1.29, 1.82) is 0 Å². The molecule has 0 radical (unpaired) electrons. The number of likely N-dealkylation sites (N-methyl/N-ethyl adjacent to an activating group) is 1. The summed E-state index contributed by atoms with van der Waals surface area (Å²) in [6.45, 7) is 1.61. The second-order valence-corrected chi connectivity index (χ2v) is 10.4. The molecule has 0 aliphatic heterocycles. The summed E-state index contributed by atoms with van der Waals surface area (Å²) >= 11 is 0. The number of ketones is 2. The molecule has 6 N–H and O–H groups in total. The van der Waals surface area contributed by atoms with E-state index < -0.39 is 58.0 Å². The van der Waals surface area contributed by atoms with E-state index in [9.17, 15) is 39.2 Å². The van der Waals surface area contributed by atoms with Gasteiger partial charge in [0.25, 0.3) is 5.91 Å². The number of amides is 1. The number of hydrogen-bond acceptors (Lipinski definition) is 8. The van der Waals surface area contributed by atoms with E-state index in [1.54, 1.807) is 39.2 Å². The maximum atomic E-state index is 13.9. The molecular formula is C28H27FN2O7. The van der Waals surface area contributed by atoms with Crippen molar-refractivity contribution in [3.8, 4) is 16.9 Å². The number of benzene rings is 2. The zero-order valence-corrected chi connectivity index (χ0v) is 20.9. The molecule has 1 amide bonds. The van der Waals surface area contributed by atoms with E-state index in [-0.39, 0.29) is 35.5 Å². The van der Waals surface area contributed by atoms with Crippen molar-refractivity contribution >= 4 is 23.2 Å². The molecule has 3 aliphatic rings. The molecule has 3 aliphatic carbocycles. The monoisotopic (exact) mass is 522 g/mol. The van der Waals surface area contributed by atoms with Gasteiger partial charge in [0.15, 0.2) is 11.4 Å². The number of Topliss-reactive ketones (excluding diaryl/α,β-unsaturated/α-hetero) is 2. The number of nitrogens with zero attached hydrogens (tertiary/aromatic N) is 1. The Kier molecular flexibility index (Phi) is 5.73. The second kappa shape index (κ2) is 8.50. The first kappa shape index (κ1) is 25.6. The van der Waals surface area contributed by atoms with Crippen molar-refractivity contribution in [1.82, 2.24) is 4.90 Å². The molecule has 198 valence electrons. The molecular weight excluding hydrogens is 495 g/mol. The molecule has 2 aromatic rings. The lowest BCUT2D eigenvalue weighted by molar-refractivity contribution is -0.153. The number of halogens is 1. The SMILES string of the molecule is Cc1cc(-c2ccc(O)c3c2C[C@H]2C[C@H]4[C@H](N(C)C)C(=O)C(C(N)=O)=C(O)[C@@]4(O)C(=O)C2=C3O)ccc1F. The minimum Gasteiger partial charge on any atom is -0.508 e. The molecule has 2 aromatic carbocycles. The lowest BCUT2D eigenvalue weighted by atomic mass is 9.57. The fourth-order valence-electron chi connectivity index (χ4n) is 6.33. The standard InChI is InChI=1S/C28H27FN2O7/c1-11-8-12(4-6-17(11)29)14-5-7-18(32)20-15(14)9-13-10-16-22(31(2)3)24(34)21(27(30)37)26(36)28(16,38)25(35)19(13)23(20)33/h4-8,13,16,22,32-33,36,38H,9-10H2,1-3H3,(H2,30,37)/t13-,16-,22-,28-/m0/s1. The summed E-state index contributed by atoms with van der Waals surface area (Å²) in [4.78, 5) is 40.6. The molecule has 10 heteroatoms. The molecule has 4 atom stereocenters. The van der Waals surface area contributed by atoms with Crippen LogP contribution >= 0.6 is 0 Å². The Morgan fingerprint density at radius 1 is 1.13 bits per heavy atom. The van der Waals surface area contributed by atoms with Crippen LogP contribution in [0.25, 0.3) is 16.9 Å². The minimum atomic E-state index is -2.69. The number of phenols is 1. The largest absolute Gasteiger partial charge is 0.508 e. The zero-order valence-electron chi connectivity index (χ0n) is 20.9. The maximum absolute atomic E-state index is 13.9. The van der Waals surface area contributed by atoms with Gasteiger partial charge < -0.3 is 26.2 Å². The minimum absolute atomic E-state index is 0.0106. The fourth-order valence-corrected chi connectivity index (χ4v) is 6.33. The van der Waals surface area contributed by atoms with Crippen LogP contribution in [0.1, 0.15) is 23.1 Å². The first-order valence-corrected chi connectivity index (χ1v) is 12.1. The Labute approximate surface area is 217 Å². The summed E-state index contributed by atoms with van der Waals surface area (Å²) in [7, 11) is 3.08. The van der Waals surface area contributed by atoms with Gasteiger partial charge in [-0.05, 0) is 80.2 Å². The van der Waals surface area contributed by atoms with Crippen LogP contribution in [0, 0.1) is 24.6 Å². The number of aryl methyl sites for hydroxylation is 1. The third-order valence-electron chi connectivity index (χ3n) is 8.07. The third kappa shape index (κ3) is 3.33. The van der Waals surface area contributed by atoms with E-state index in [0.717, 1.165) is 0 Å². The number of carbonyl (C=O) groups is 3. The lowest BCUT2D eigenvalue weighted by Crippen LogP contribution is -2.65. The summed E-state index contributed by atoms with van der Waals surface area (Å²) in [5.41, 5.74) is 3.72. The summed E-state index contributed by atoms with van der Waals surface area (Å²) in [5, 5.41) is 44.6. The summed E-state index contributed by atoms with van der Waals surface area (Å²) < 4.78 is 13.9. The fraction of sp³-hybridized carbons (Fsp3) is 0.321. The molecule has 0 spiro atoms. The number of phenolic OH excluding ortho intramolecular Hbond substituents is 1. The summed E-state index contributed by atoms with van der Waals surface area (Å²) in [6.07, 6.45) is 0.137. The van der Waals surface area contributed by atoms with Crippen LogP contribution in [-0.2, 0) is 20.8 Å². The van der Waals surface area contributed by atoms with E-state index in [1.807, 2.05) is 0 Å². The number of aliphatic hydroxyl groups excluding tert-OH is 2. The van der Waals surface area contributed by atoms with Crippen LogP contribution in [0.4, 0.5) is 4.39 Å². The summed E-state index contributed by atoms with van der Waals surface area (Å²) in [6, 6.07) is 6.36. The summed E-state index contributed by atoms with van der Waals surface area (Å²) in [5.74, 6) is -7.41. The Balaban J connectivity index is 1.74. The lowest BCUT2D eigenvalue weighted by Gasteiger charge is -2.50. The average Bonchev–Trinajstić information content (AvgIpc) is 2.83. The van der Waals surface area contributed by atoms with E-state index in [1.165, 1.54) is 17.0 Å². The van der Waals surface area contributed by atoms with Crippen LogP contribution in [0.2, 0.25) is 0 Å². The number of primary amides is 1. The molecule has 0 aromatic heterocycles. The highest BCUT2D eigenvalue weighted by Crippen LogP contribution is 2.53. The Hall–Kier alpha value is -4.02. The van der Waals surface area contributed by atoms with Crippen molar-refractivity contribution in [3.05, 3.63) is 69.7 Å². The number of rotatable bonds is 3. The number of carbonyl (C=O) groups excluding carboxylic acids is 3. The molecule has 1 saturated carbocycles. The molecule has 0 heterocycles. The Morgan fingerprint density at radius 3 is 2.42 bits per heavy atom. The van der Waals surface area contributed by atoms with Crippen LogP contribution in [0.3, 0.4) is 0 Å². The molecule has 1 fully saturated rings. The topological polar surface area (TPSA) is 161 Å². The van der Waals surface area contributed by atoms with Gasteiger partial charge in [0.2, 0.25) is 5.78 Å². The Morgan fingerprint density at radius 2 is 1.82 bits per heavy atom. The molecule has 5 rings (SSSR count). The number of nitrogens with two attached hydrogens (primary N) is 1. The second-order valence-electron chi connectivity index (χ2n) is 10.4. The number of aromatic hydroxyl groups is 1. The average molecular weight is 523 g/mol. The number of aliphatic hydroxyl groups is 3. The van der Waals surface area contributed by atoms with E-state index in [2.05, 4.69) is 0 Å². The van der Waals surface area contributed by atoms with Crippen LogP contribution in [0.15, 0.2) is 47.2 Å².